The van der Waals surface area contributed by atoms with Crippen LogP contribution in [0.15, 0.2) is 0 Å². The van der Waals surface area contributed by atoms with Gasteiger partial charge >= 0.3 is 0 Å². The number of H-pyrrole nitrogens is 1. The molecule has 0 atom stereocenters. The van der Waals surface area contributed by atoms with Gasteiger partial charge in [0.05, 0.1) is 0 Å². The quantitative estimate of drug-likeness (QED) is 0.866. The van der Waals surface area contributed by atoms with Gasteiger partial charge in [0, 0.05) is 16.9 Å². The molecule has 0 unspecified atom stereocenters. The molecule has 0 aromatic carbocycles. The van der Waals surface area contributed by atoms with Gasteiger partial charge in [-0.25, -0.2) is 4.98 Å². The second-order valence-electron chi connectivity index (χ2n) is 6.73. The van der Waals surface area contributed by atoms with Crippen molar-refractivity contribution in [3.63, 3.8) is 0 Å². The van der Waals surface area contributed by atoms with E-state index in [-0.39, 0.29) is 11.0 Å². The highest BCUT2D eigenvalue weighted by atomic mass is 15.2. The minimum atomic E-state index is -0.334. The fourth-order valence-electron chi connectivity index (χ4n) is 2.40. The minimum absolute atomic E-state index is 0.226. The van der Waals surface area contributed by atoms with Gasteiger partial charge in [0.15, 0.2) is 5.82 Å². The van der Waals surface area contributed by atoms with Crippen LogP contribution in [0.4, 0.5) is 0 Å². The Labute approximate surface area is 110 Å². The van der Waals surface area contributed by atoms with Gasteiger partial charge in [-0.2, -0.15) is 5.10 Å². The van der Waals surface area contributed by atoms with Crippen molar-refractivity contribution in [2.24, 2.45) is 5.73 Å². The molecule has 0 spiro atoms. The van der Waals surface area contributed by atoms with Gasteiger partial charge in [0.2, 0.25) is 0 Å². The van der Waals surface area contributed by atoms with Crippen LogP contribution >= 0.6 is 0 Å². The minimum Gasteiger partial charge on any atom is -0.325 e. The summed E-state index contributed by atoms with van der Waals surface area (Å²) in [6, 6.07) is 0. The molecule has 0 aliphatic heterocycles. The summed E-state index contributed by atoms with van der Waals surface area (Å²) >= 11 is 0. The Bertz CT molecular complexity index is 394. The normalized spacial score (nSPS) is 19.2. The highest BCUT2D eigenvalue weighted by Gasteiger charge is 2.39. The smallest absolute Gasteiger partial charge is 0.158 e. The summed E-state index contributed by atoms with van der Waals surface area (Å²) in [6.07, 6.45) is 6.46. The van der Waals surface area contributed by atoms with E-state index in [4.69, 9.17) is 10.7 Å². The molecule has 1 aliphatic rings. The second kappa shape index (κ2) is 4.65. The molecular weight excluding hydrogens is 224 g/mol. The second-order valence-corrected chi connectivity index (χ2v) is 6.73. The molecule has 1 aromatic rings. The van der Waals surface area contributed by atoms with Crippen LogP contribution in [0.25, 0.3) is 0 Å². The fraction of sp³-hybridized carbons (Fsp3) is 0.857. The Balaban J connectivity index is 2.19. The van der Waals surface area contributed by atoms with Gasteiger partial charge in [-0.15, -0.1) is 0 Å². The summed E-state index contributed by atoms with van der Waals surface area (Å²) in [4.78, 5) is 4.73. The molecule has 2 rings (SSSR count). The summed E-state index contributed by atoms with van der Waals surface area (Å²) in [7, 11) is 0. The maximum atomic E-state index is 6.24. The first kappa shape index (κ1) is 13.5. The van der Waals surface area contributed by atoms with Crippen LogP contribution in [0.1, 0.15) is 77.4 Å². The van der Waals surface area contributed by atoms with E-state index in [2.05, 4.69) is 24.0 Å². The summed E-state index contributed by atoms with van der Waals surface area (Å²) in [6.45, 7) is 8.29. The molecule has 3 N–H and O–H groups in total. The van der Waals surface area contributed by atoms with Gasteiger partial charge in [-0.05, 0) is 26.7 Å². The van der Waals surface area contributed by atoms with Gasteiger partial charge in [0.25, 0.3) is 0 Å². The molecule has 0 bridgehead atoms. The average Bonchev–Trinajstić information content (AvgIpc) is 2.78. The first-order valence-electron chi connectivity index (χ1n) is 7.04. The standard InChI is InChI=1S/C14H26N4/c1-13(2,14(3,4)15)12-16-11(17-18-12)10-8-6-5-7-9-10/h10H,5-9,15H2,1-4H3,(H,16,17,18). The van der Waals surface area contributed by atoms with E-state index >= 15 is 0 Å². The Morgan fingerprint density at radius 1 is 1.11 bits per heavy atom. The molecule has 4 nitrogen and oxygen atoms in total. The van der Waals surface area contributed by atoms with E-state index < -0.39 is 0 Å². The Hall–Kier alpha value is -0.900. The summed E-state index contributed by atoms with van der Waals surface area (Å²) in [5.41, 5.74) is 5.68. The molecule has 4 heteroatoms. The largest absolute Gasteiger partial charge is 0.325 e. The fourth-order valence-corrected chi connectivity index (χ4v) is 2.40. The number of rotatable bonds is 3. The first-order chi connectivity index (χ1) is 8.32. The zero-order chi connectivity index (χ0) is 13.4. The zero-order valence-electron chi connectivity index (χ0n) is 12.1. The van der Waals surface area contributed by atoms with Gasteiger partial charge in [-0.3, -0.25) is 5.10 Å². The molecular formula is C14H26N4. The van der Waals surface area contributed by atoms with Crippen molar-refractivity contribution in [2.45, 2.75) is 76.7 Å². The first-order valence-corrected chi connectivity index (χ1v) is 7.04. The number of hydrogen-bond acceptors (Lipinski definition) is 3. The lowest BCUT2D eigenvalue weighted by atomic mass is 9.74. The predicted octanol–water partition coefficient (Wildman–Crippen LogP) is 2.87. The number of nitrogens with zero attached hydrogens (tertiary/aromatic N) is 2. The predicted molar refractivity (Wildman–Crippen MR) is 73.5 cm³/mol. The van der Waals surface area contributed by atoms with E-state index in [0.717, 1.165) is 11.6 Å². The van der Waals surface area contributed by atoms with Crippen molar-refractivity contribution in [3.8, 4) is 0 Å². The number of nitrogens with two attached hydrogens (primary N) is 1. The number of aromatic nitrogens is 3. The van der Waals surface area contributed by atoms with Crippen LogP contribution in [0.5, 0.6) is 0 Å². The molecule has 1 aromatic heterocycles. The van der Waals surface area contributed by atoms with Crippen molar-refractivity contribution < 1.29 is 0 Å². The van der Waals surface area contributed by atoms with Crippen molar-refractivity contribution in [1.82, 2.24) is 15.2 Å². The van der Waals surface area contributed by atoms with E-state index in [1.807, 2.05) is 13.8 Å². The third-order valence-electron chi connectivity index (χ3n) is 4.66. The van der Waals surface area contributed by atoms with Crippen LogP contribution in [0.2, 0.25) is 0 Å². The molecule has 0 amide bonds. The lowest BCUT2D eigenvalue weighted by molar-refractivity contribution is 0.291. The van der Waals surface area contributed by atoms with Crippen LogP contribution < -0.4 is 5.73 Å². The van der Waals surface area contributed by atoms with Crippen molar-refractivity contribution in [2.75, 3.05) is 0 Å². The van der Waals surface area contributed by atoms with Crippen molar-refractivity contribution in [1.29, 1.82) is 0 Å². The molecule has 102 valence electrons. The number of nitrogens with one attached hydrogen (secondary N) is 1. The van der Waals surface area contributed by atoms with Crippen LogP contribution in [0, 0.1) is 0 Å². The summed E-state index contributed by atoms with van der Waals surface area (Å²) in [5, 5.41) is 7.55. The molecule has 18 heavy (non-hydrogen) atoms. The van der Waals surface area contributed by atoms with Crippen molar-refractivity contribution >= 4 is 0 Å². The maximum absolute atomic E-state index is 6.24. The Morgan fingerprint density at radius 3 is 2.28 bits per heavy atom. The van der Waals surface area contributed by atoms with E-state index in [1.54, 1.807) is 0 Å². The number of hydrogen-bond donors (Lipinski definition) is 2. The van der Waals surface area contributed by atoms with Crippen LogP contribution in [-0.2, 0) is 5.41 Å². The Kier molecular flexibility index (Phi) is 3.49. The third-order valence-corrected chi connectivity index (χ3v) is 4.66. The highest BCUT2D eigenvalue weighted by Crippen LogP contribution is 2.34. The van der Waals surface area contributed by atoms with E-state index in [0.29, 0.717) is 5.92 Å². The van der Waals surface area contributed by atoms with Gasteiger partial charge in [0.1, 0.15) is 5.82 Å². The topological polar surface area (TPSA) is 67.6 Å². The molecule has 1 heterocycles. The monoisotopic (exact) mass is 250 g/mol. The SMILES string of the molecule is CC(C)(N)C(C)(C)c1n[nH]c(C2CCCCC2)n1. The maximum Gasteiger partial charge on any atom is 0.158 e. The Morgan fingerprint density at radius 2 is 1.72 bits per heavy atom. The third kappa shape index (κ3) is 2.44. The van der Waals surface area contributed by atoms with E-state index in [1.165, 1.54) is 32.1 Å². The van der Waals surface area contributed by atoms with Crippen LogP contribution in [0.3, 0.4) is 0 Å². The summed E-state index contributed by atoms with van der Waals surface area (Å²) in [5.74, 6) is 2.47. The average molecular weight is 250 g/mol. The molecule has 0 saturated heterocycles. The zero-order valence-corrected chi connectivity index (χ0v) is 12.1. The highest BCUT2D eigenvalue weighted by molar-refractivity contribution is 5.14. The molecule has 1 fully saturated rings. The summed E-state index contributed by atoms with van der Waals surface area (Å²) < 4.78 is 0. The van der Waals surface area contributed by atoms with Gasteiger partial charge in [-0.1, -0.05) is 33.1 Å². The van der Waals surface area contributed by atoms with Gasteiger partial charge < -0.3 is 5.73 Å². The molecule has 0 radical (unpaired) electrons. The lowest BCUT2D eigenvalue weighted by Crippen LogP contribution is -2.50. The number of aromatic amines is 1. The molecule has 1 aliphatic carbocycles. The van der Waals surface area contributed by atoms with Crippen LogP contribution in [-0.4, -0.2) is 20.7 Å². The molecule has 1 saturated carbocycles. The van der Waals surface area contributed by atoms with Crippen molar-refractivity contribution in [3.05, 3.63) is 11.6 Å². The lowest BCUT2D eigenvalue weighted by Gasteiger charge is -2.35. The van der Waals surface area contributed by atoms with E-state index in [9.17, 15) is 0 Å².